The summed E-state index contributed by atoms with van der Waals surface area (Å²) < 4.78 is 0. The minimum absolute atomic E-state index is 0. The van der Waals surface area contributed by atoms with Crippen molar-refractivity contribution in [3.05, 3.63) is 15.3 Å². The van der Waals surface area contributed by atoms with Gasteiger partial charge in [0.05, 0.1) is 5.09 Å². The second-order valence-corrected chi connectivity index (χ2v) is 0.224. The number of hydrogen-bond donors (Lipinski definition) is 0. The maximum absolute atomic E-state index is 8.25. The normalized spacial score (nSPS) is 4.00. The summed E-state index contributed by atoms with van der Waals surface area (Å²) >= 11 is 0. The maximum atomic E-state index is 8.25. The van der Waals surface area contributed by atoms with Crippen LogP contribution in [0.2, 0.25) is 0 Å². The van der Waals surface area contributed by atoms with Gasteiger partial charge in [-0.25, -0.2) is 0 Å². The van der Waals surface area contributed by atoms with Crippen molar-refractivity contribution >= 4 is 51.4 Å². The van der Waals surface area contributed by atoms with Crippen molar-refractivity contribution in [3.63, 3.8) is 0 Å². The number of hydrogen-bond acceptors (Lipinski definition) is 3. The summed E-state index contributed by atoms with van der Waals surface area (Å²) in [7, 11) is 0. The molecule has 6 heavy (non-hydrogen) atoms. The molecule has 0 radical (unpaired) electrons. The van der Waals surface area contributed by atoms with Gasteiger partial charge in [-0.05, 0) is 0 Å². The van der Waals surface area contributed by atoms with E-state index in [4.69, 9.17) is 15.3 Å². The van der Waals surface area contributed by atoms with E-state index in [1.54, 1.807) is 0 Å². The van der Waals surface area contributed by atoms with Gasteiger partial charge >= 0.3 is 51.4 Å². The summed E-state index contributed by atoms with van der Waals surface area (Å²) in [4.78, 5) is 8.25. The molecule has 0 saturated heterocycles. The zero-order valence-corrected chi connectivity index (χ0v) is 5.31. The van der Waals surface area contributed by atoms with Gasteiger partial charge in [0.2, 0.25) is 0 Å². The van der Waals surface area contributed by atoms with Crippen molar-refractivity contribution < 1.29 is 46.8 Å². The topological polar surface area (TPSA) is 66.2 Å². The second kappa shape index (κ2) is 10.2. The van der Waals surface area contributed by atoms with Crippen molar-refractivity contribution in [3.8, 4) is 0 Å². The molecule has 0 aliphatic heterocycles. The predicted octanol–water partition coefficient (Wildman–Crippen LogP) is -0.888. The molecule has 0 atom stereocenters. The molecule has 0 spiro atoms. The molecule has 0 aromatic heterocycles. The van der Waals surface area contributed by atoms with Crippen molar-refractivity contribution in [1.82, 2.24) is 0 Å². The Hall–Kier alpha value is 2.21. The number of nitrogens with zero attached hydrogens (tertiary/aromatic N) is 1. The first-order valence-electron chi connectivity index (χ1n) is 0.548. The zero-order chi connectivity index (χ0) is 3.58. The summed E-state index contributed by atoms with van der Waals surface area (Å²) in [6.07, 6.45) is 0. The Morgan fingerprint density at radius 1 is 1.33 bits per heavy atom. The monoisotopic (exact) mass is 242 g/mol. The summed E-state index contributed by atoms with van der Waals surface area (Å²) in [5.41, 5.74) is 0. The van der Waals surface area contributed by atoms with Crippen molar-refractivity contribution in [2.45, 2.75) is 0 Å². The molecule has 0 saturated carbocycles. The molecule has 0 bridgehead atoms. The predicted molar refractivity (Wildman–Crippen MR) is 17.5 cm³/mol. The van der Waals surface area contributed by atoms with E-state index in [1.165, 1.54) is 0 Å². The third-order valence-electron chi connectivity index (χ3n) is 0. The van der Waals surface area contributed by atoms with E-state index >= 15 is 0 Å². The van der Waals surface area contributed by atoms with Crippen molar-refractivity contribution in [1.29, 1.82) is 0 Å². The molecule has 0 amide bonds. The van der Waals surface area contributed by atoms with Crippen LogP contribution in [0, 0.1) is 57.1 Å². The fraction of sp³-hybridized carbons (Fsp3) is 0. The van der Waals surface area contributed by atoms with Gasteiger partial charge in [0.1, 0.15) is 0 Å². The Morgan fingerprint density at radius 2 is 1.33 bits per heavy atom. The molecule has 0 heterocycles. The van der Waals surface area contributed by atoms with Gasteiger partial charge in [0.15, 0.2) is 0 Å². The molecule has 0 aliphatic carbocycles. The molecule has 30 valence electrons. The second-order valence-electron chi connectivity index (χ2n) is 0.224. The SMILES string of the molecule is O=[N+]([O-])[O-].[Ce].[KH]. The van der Waals surface area contributed by atoms with Gasteiger partial charge in [-0.2, -0.15) is 0 Å². The average molecular weight is 242 g/mol. The zero-order valence-electron chi connectivity index (χ0n) is 2.17. The van der Waals surface area contributed by atoms with Crippen LogP contribution in [0.25, 0.3) is 0 Å². The van der Waals surface area contributed by atoms with E-state index in [0.717, 1.165) is 0 Å². The van der Waals surface area contributed by atoms with Crippen LogP contribution in [0.3, 0.4) is 0 Å². The molecule has 0 aliphatic rings. The van der Waals surface area contributed by atoms with Crippen LogP contribution in [0.4, 0.5) is 0 Å². The third-order valence-corrected chi connectivity index (χ3v) is 0. The molecular weight excluding hydrogens is 241 g/mol. The quantitative estimate of drug-likeness (QED) is 0.314. The Balaban J connectivity index is -0.0000000450. The average Bonchev–Trinajstić information content (AvgIpc) is 0.811. The van der Waals surface area contributed by atoms with E-state index in [0.29, 0.717) is 0 Å². The first kappa shape index (κ1) is 15.7. The van der Waals surface area contributed by atoms with E-state index < -0.39 is 5.09 Å². The van der Waals surface area contributed by atoms with Crippen LogP contribution in [-0.2, 0) is 0 Å². The Morgan fingerprint density at radius 3 is 1.33 bits per heavy atom. The van der Waals surface area contributed by atoms with Crippen LogP contribution in [0.5, 0.6) is 0 Å². The molecule has 4 nitrogen and oxygen atoms in total. The molecule has 6 heteroatoms. The standard InChI is InChI=1S/Ce.K.NO3.H/c;;2-1(3)4;/q;;-1;. The molecule has 0 unspecified atom stereocenters. The Labute approximate surface area is 111 Å². The third kappa shape index (κ3) is 34.5. The van der Waals surface area contributed by atoms with Crippen LogP contribution in [0.15, 0.2) is 0 Å². The van der Waals surface area contributed by atoms with E-state index in [2.05, 4.69) is 0 Å². The van der Waals surface area contributed by atoms with Gasteiger partial charge < -0.3 is 15.3 Å². The summed E-state index contributed by atoms with van der Waals surface area (Å²) in [6, 6.07) is 0. The minimum atomic E-state index is -1.75. The van der Waals surface area contributed by atoms with Gasteiger partial charge in [-0.15, -0.1) is 0 Å². The van der Waals surface area contributed by atoms with Gasteiger partial charge in [-0.3, -0.25) is 0 Å². The van der Waals surface area contributed by atoms with Crippen LogP contribution < -0.4 is 0 Å². The molecule has 0 aromatic carbocycles. The summed E-state index contributed by atoms with van der Waals surface area (Å²) in [5, 5.41) is 14.8. The van der Waals surface area contributed by atoms with Crippen LogP contribution >= 0.6 is 0 Å². The van der Waals surface area contributed by atoms with Crippen molar-refractivity contribution in [2.24, 2.45) is 0 Å². The van der Waals surface area contributed by atoms with Gasteiger partial charge in [0.25, 0.3) is 0 Å². The first-order valence-corrected chi connectivity index (χ1v) is 0.548. The molecular formula is HCeKNO3-. The van der Waals surface area contributed by atoms with Crippen LogP contribution in [0.1, 0.15) is 0 Å². The van der Waals surface area contributed by atoms with Crippen LogP contribution in [-0.4, -0.2) is 56.5 Å². The van der Waals surface area contributed by atoms with E-state index in [-0.39, 0.29) is 93.1 Å². The Bertz CT molecular complexity index is 33.8. The Kier molecular flexibility index (Phi) is 26.9. The van der Waals surface area contributed by atoms with Gasteiger partial charge in [-0.1, -0.05) is 0 Å². The molecule has 0 rings (SSSR count). The summed E-state index contributed by atoms with van der Waals surface area (Å²) in [6.45, 7) is 0. The van der Waals surface area contributed by atoms with Crippen molar-refractivity contribution in [2.75, 3.05) is 0 Å². The van der Waals surface area contributed by atoms with E-state index in [9.17, 15) is 0 Å². The molecule has 0 fully saturated rings. The molecule has 0 N–H and O–H groups in total. The van der Waals surface area contributed by atoms with E-state index in [1.807, 2.05) is 0 Å². The fourth-order valence-electron chi connectivity index (χ4n) is 0. The molecule has 0 aromatic rings. The number of rotatable bonds is 0. The van der Waals surface area contributed by atoms with Gasteiger partial charge in [0, 0.05) is 41.7 Å². The summed E-state index contributed by atoms with van der Waals surface area (Å²) in [5.74, 6) is 0. The fourth-order valence-corrected chi connectivity index (χ4v) is 0. The first-order chi connectivity index (χ1) is 1.73.